The van der Waals surface area contributed by atoms with Crippen LogP contribution in [-0.2, 0) is 11.3 Å². The highest BCUT2D eigenvalue weighted by atomic mass is 32.1. The van der Waals surface area contributed by atoms with Gasteiger partial charge in [-0.25, -0.2) is 4.98 Å². The van der Waals surface area contributed by atoms with Crippen molar-refractivity contribution >= 4 is 22.4 Å². The van der Waals surface area contributed by atoms with Gasteiger partial charge in [-0.2, -0.15) is 0 Å². The molecule has 0 saturated carbocycles. The number of furan rings is 1. The summed E-state index contributed by atoms with van der Waals surface area (Å²) in [6.45, 7) is 6.74. The Labute approximate surface area is 133 Å². The Balaban J connectivity index is 1.58. The largest absolute Gasteiger partial charge is 0.472 e. The van der Waals surface area contributed by atoms with E-state index in [0.717, 1.165) is 25.3 Å². The molecule has 118 valence electrons. The first-order chi connectivity index (χ1) is 10.6. The number of hydrogen-bond donors (Lipinski definition) is 1. The van der Waals surface area contributed by atoms with Gasteiger partial charge >= 0.3 is 0 Å². The summed E-state index contributed by atoms with van der Waals surface area (Å²) in [5.41, 5.74) is 1.46. The number of thiazole rings is 1. The molecular formula is C15H19N3O3S. The highest BCUT2D eigenvalue weighted by molar-refractivity contribution is 7.13. The van der Waals surface area contributed by atoms with Crippen molar-refractivity contribution in [3.05, 3.63) is 35.2 Å². The fourth-order valence-corrected chi connectivity index (χ4v) is 3.34. The van der Waals surface area contributed by atoms with Crippen LogP contribution < -0.4 is 5.32 Å². The lowest BCUT2D eigenvalue weighted by molar-refractivity contribution is -0.0707. The average Bonchev–Trinajstić information content (AvgIpc) is 3.09. The van der Waals surface area contributed by atoms with Crippen LogP contribution in [0.1, 0.15) is 29.9 Å². The summed E-state index contributed by atoms with van der Waals surface area (Å²) < 4.78 is 10.6. The third-order valence-corrected chi connectivity index (χ3v) is 4.24. The third kappa shape index (κ3) is 3.73. The van der Waals surface area contributed by atoms with Crippen LogP contribution in [0.2, 0.25) is 0 Å². The van der Waals surface area contributed by atoms with E-state index in [0.29, 0.717) is 10.7 Å². The fourth-order valence-electron chi connectivity index (χ4n) is 2.64. The Hall–Kier alpha value is -1.70. The van der Waals surface area contributed by atoms with Gasteiger partial charge in [0, 0.05) is 25.0 Å². The van der Waals surface area contributed by atoms with Gasteiger partial charge in [0.05, 0.1) is 29.7 Å². The number of morpholine rings is 1. The van der Waals surface area contributed by atoms with E-state index in [1.165, 1.54) is 23.9 Å². The lowest BCUT2D eigenvalue weighted by Crippen LogP contribution is -2.44. The summed E-state index contributed by atoms with van der Waals surface area (Å²) in [5, 5.41) is 5.37. The molecule has 0 aliphatic carbocycles. The van der Waals surface area contributed by atoms with E-state index in [4.69, 9.17) is 9.15 Å². The molecule has 0 bridgehead atoms. The fraction of sp³-hybridized carbons (Fsp3) is 0.467. The number of carbonyl (C=O) groups is 1. The maximum atomic E-state index is 11.9. The van der Waals surface area contributed by atoms with Gasteiger partial charge in [-0.1, -0.05) is 0 Å². The van der Waals surface area contributed by atoms with Crippen LogP contribution in [0.5, 0.6) is 0 Å². The van der Waals surface area contributed by atoms with Crippen LogP contribution in [0.4, 0.5) is 5.13 Å². The summed E-state index contributed by atoms with van der Waals surface area (Å²) in [6, 6.07) is 1.63. The topological polar surface area (TPSA) is 67.6 Å². The molecule has 3 rings (SSSR count). The lowest BCUT2D eigenvalue weighted by atomic mass is 10.2. The molecule has 2 unspecified atom stereocenters. The van der Waals surface area contributed by atoms with Crippen molar-refractivity contribution in [3.8, 4) is 0 Å². The molecule has 1 amide bonds. The zero-order chi connectivity index (χ0) is 15.5. The molecule has 0 spiro atoms. The second kappa shape index (κ2) is 6.60. The molecule has 3 heterocycles. The quantitative estimate of drug-likeness (QED) is 0.937. The first-order valence-electron chi connectivity index (χ1n) is 7.26. The Morgan fingerprint density at radius 1 is 1.45 bits per heavy atom. The molecule has 1 aliphatic rings. The molecule has 2 atom stereocenters. The van der Waals surface area contributed by atoms with Crippen molar-refractivity contribution < 1.29 is 13.9 Å². The van der Waals surface area contributed by atoms with E-state index in [9.17, 15) is 4.79 Å². The maximum Gasteiger partial charge on any atom is 0.260 e. The van der Waals surface area contributed by atoms with Gasteiger partial charge in [-0.05, 0) is 19.9 Å². The van der Waals surface area contributed by atoms with E-state index in [1.807, 2.05) is 5.38 Å². The smallest absolute Gasteiger partial charge is 0.260 e. The maximum absolute atomic E-state index is 11.9. The summed E-state index contributed by atoms with van der Waals surface area (Å²) in [5.74, 6) is -0.205. The summed E-state index contributed by atoms with van der Waals surface area (Å²) >= 11 is 1.43. The van der Waals surface area contributed by atoms with Gasteiger partial charge in [0.15, 0.2) is 5.13 Å². The number of amides is 1. The van der Waals surface area contributed by atoms with E-state index < -0.39 is 0 Å². The van der Waals surface area contributed by atoms with Gasteiger partial charge in [0.25, 0.3) is 5.91 Å². The van der Waals surface area contributed by atoms with Gasteiger partial charge < -0.3 is 9.15 Å². The molecule has 6 nitrogen and oxygen atoms in total. The molecule has 1 N–H and O–H groups in total. The Kier molecular flexibility index (Phi) is 4.56. The van der Waals surface area contributed by atoms with Crippen molar-refractivity contribution in [2.75, 3.05) is 18.4 Å². The van der Waals surface area contributed by atoms with Crippen molar-refractivity contribution in [1.82, 2.24) is 9.88 Å². The number of ether oxygens (including phenoxy) is 1. The number of nitrogens with one attached hydrogen (secondary N) is 1. The molecule has 22 heavy (non-hydrogen) atoms. The summed E-state index contributed by atoms with van der Waals surface area (Å²) in [4.78, 5) is 18.7. The monoisotopic (exact) mass is 321 g/mol. The Morgan fingerprint density at radius 3 is 2.91 bits per heavy atom. The zero-order valence-corrected chi connectivity index (χ0v) is 13.4. The first kappa shape index (κ1) is 15.2. The predicted octanol–water partition coefficient (Wildman–Crippen LogP) is 2.60. The van der Waals surface area contributed by atoms with Gasteiger partial charge in [-0.3, -0.25) is 15.0 Å². The van der Waals surface area contributed by atoms with Crippen molar-refractivity contribution in [3.63, 3.8) is 0 Å². The highest BCUT2D eigenvalue weighted by Gasteiger charge is 2.22. The van der Waals surface area contributed by atoms with Crippen LogP contribution in [0.3, 0.4) is 0 Å². The van der Waals surface area contributed by atoms with Gasteiger partial charge in [0.1, 0.15) is 6.26 Å². The minimum absolute atomic E-state index is 0.205. The average molecular weight is 321 g/mol. The SMILES string of the molecule is CC1CN(Cc2csc(NC(=O)c3ccoc3)n2)CC(C)O1. The van der Waals surface area contributed by atoms with Crippen LogP contribution >= 0.6 is 11.3 Å². The van der Waals surface area contributed by atoms with Gasteiger partial charge in [-0.15, -0.1) is 11.3 Å². The minimum atomic E-state index is -0.205. The normalized spacial score (nSPS) is 22.6. The highest BCUT2D eigenvalue weighted by Crippen LogP contribution is 2.20. The van der Waals surface area contributed by atoms with E-state index in [-0.39, 0.29) is 18.1 Å². The third-order valence-electron chi connectivity index (χ3n) is 3.44. The standard InChI is InChI=1S/C15H19N3O3S/c1-10-5-18(6-11(2)21-10)7-13-9-22-15(16-13)17-14(19)12-3-4-20-8-12/h3-4,8-11H,5-7H2,1-2H3,(H,16,17,19). The number of aromatic nitrogens is 1. The number of carbonyl (C=O) groups excluding carboxylic acids is 1. The van der Waals surface area contributed by atoms with Crippen LogP contribution in [0.25, 0.3) is 0 Å². The second-order valence-corrected chi connectivity index (χ2v) is 6.42. The van der Waals surface area contributed by atoms with Crippen LogP contribution in [-0.4, -0.2) is 41.1 Å². The number of rotatable bonds is 4. The first-order valence-corrected chi connectivity index (χ1v) is 8.14. The second-order valence-electron chi connectivity index (χ2n) is 5.56. The number of hydrogen-bond acceptors (Lipinski definition) is 6. The lowest BCUT2D eigenvalue weighted by Gasteiger charge is -2.34. The van der Waals surface area contributed by atoms with Crippen molar-refractivity contribution in [2.45, 2.75) is 32.6 Å². The van der Waals surface area contributed by atoms with E-state index in [1.54, 1.807) is 6.07 Å². The molecule has 1 aliphatic heterocycles. The number of anilines is 1. The minimum Gasteiger partial charge on any atom is -0.472 e. The molecule has 1 saturated heterocycles. The summed E-state index contributed by atoms with van der Waals surface area (Å²) in [6.07, 6.45) is 3.37. The molecule has 0 radical (unpaired) electrons. The van der Waals surface area contributed by atoms with Crippen LogP contribution in [0.15, 0.2) is 28.4 Å². The Bertz CT molecular complexity index is 616. The molecule has 7 heteroatoms. The molecule has 1 fully saturated rings. The molecule has 2 aromatic rings. The zero-order valence-electron chi connectivity index (χ0n) is 12.6. The van der Waals surface area contributed by atoms with E-state index >= 15 is 0 Å². The predicted molar refractivity (Wildman–Crippen MR) is 84.1 cm³/mol. The van der Waals surface area contributed by atoms with Crippen molar-refractivity contribution in [1.29, 1.82) is 0 Å². The Morgan fingerprint density at radius 2 is 2.23 bits per heavy atom. The number of nitrogens with zero attached hydrogens (tertiary/aromatic N) is 2. The van der Waals surface area contributed by atoms with E-state index in [2.05, 4.69) is 29.0 Å². The molecule has 2 aromatic heterocycles. The molecule has 0 aromatic carbocycles. The van der Waals surface area contributed by atoms with Gasteiger partial charge in [0.2, 0.25) is 0 Å². The molecular weight excluding hydrogens is 302 g/mol. The summed E-state index contributed by atoms with van der Waals surface area (Å²) in [7, 11) is 0. The van der Waals surface area contributed by atoms with Crippen LogP contribution in [0, 0.1) is 0 Å². The van der Waals surface area contributed by atoms with Crippen molar-refractivity contribution in [2.24, 2.45) is 0 Å².